The van der Waals surface area contributed by atoms with Crippen LogP contribution in [0.4, 0.5) is 4.79 Å². The van der Waals surface area contributed by atoms with Gasteiger partial charge in [0.25, 0.3) is 0 Å². The number of nitrogens with zero attached hydrogens (tertiary/aromatic N) is 1. The van der Waals surface area contributed by atoms with Crippen LogP contribution >= 0.6 is 0 Å². The van der Waals surface area contributed by atoms with Gasteiger partial charge in [-0.25, -0.2) is 4.79 Å². The number of carboxylic acids is 1. The van der Waals surface area contributed by atoms with Crippen molar-refractivity contribution in [2.45, 2.75) is 43.8 Å². The van der Waals surface area contributed by atoms with Crippen LogP contribution < -0.4 is 5.32 Å². The monoisotopic (exact) mass is 254 g/mol. The standard InChI is InChI=1S/C12H18N2O4/c15-11(16)9-5-8-1-2-10(9)14(8)12(17)13-7-3-4-18-6-7/h7-10H,1-6H2,(H,13,17)(H,15,16). The van der Waals surface area contributed by atoms with Gasteiger partial charge in [-0.15, -0.1) is 0 Å². The summed E-state index contributed by atoms with van der Waals surface area (Å²) in [7, 11) is 0. The molecule has 3 saturated heterocycles. The van der Waals surface area contributed by atoms with Crippen molar-refractivity contribution in [1.29, 1.82) is 0 Å². The lowest BCUT2D eigenvalue weighted by molar-refractivity contribution is -0.142. The Morgan fingerprint density at radius 1 is 1.28 bits per heavy atom. The molecule has 100 valence electrons. The molecule has 2 bridgehead atoms. The highest BCUT2D eigenvalue weighted by atomic mass is 16.5. The van der Waals surface area contributed by atoms with Gasteiger partial charge >= 0.3 is 12.0 Å². The maximum atomic E-state index is 12.2. The van der Waals surface area contributed by atoms with Crippen LogP contribution in [0.5, 0.6) is 0 Å². The number of aliphatic carboxylic acids is 1. The molecule has 3 aliphatic heterocycles. The van der Waals surface area contributed by atoms with E-state index >= 15 is 0 Å². The van der Waals surface area contributed by atoms with Crippen LogP contribution in [0.1, 0.15) is 25.7 Å². The molecule has 0 radical (unpaired) electrons. The molecule has 0 aromatic heterocycles. The van der Waals surface area contributed by atoms with E-state index in [1.165, 1.54) is 0 Å². The third-order valence-corrected chi connectivity index (χ3v) is 4.35. The number of hydrogen-bond acceptors (Lipinski definition) is 3. The van der Waals surface area contributed by atoms with Crippen molar-refractivity contribution >= 4 is 12.0 Å². The molecule has 0 aromatic rings. The third-order valence-electron chi connectivity index (χ3n) is 4.35. The number of fused-ring (bicyclic) bond motifs is 2. The normalized spacial score (nSPS) is 38.1. The predicted octanol–water partition coefficient (Wildman–Crippen LogP) is 0.422. The SMILES string of the molecule is O=C(O)C1CC2CCC1N2C(=O)NC1CCOC1. The highest BCUT2D eigenvalue weighted by molar-refractivity contribution is 5.79. The molecule has 0 aliphatic carbocycles. The molecule has 3 rings (SSSR count). The van der Waals surface area contributed by atoms with Crippen LogP contribution in [0.3, 0.4) is 0 Å². The number of ether oxygens (including phenoxy) is 1. The van der Waals surface area contributed by atoms with E-state index in [2.05, 4.69) is 5.32 Å². The summed E-state index contributed by atoms with van der Waals surface area (Å²) in [5.41, 5.74) is 0. The molecule has 6 heteroatoms. The third kappa shape index (κ3) is 1.84. The van der Waals surface area contributed by atoms with Gasteiger partial charge < -0.3 is 20.1 Å². The van der Waals surface area contributed by atoms with Gasteiger partial charge in [-0.2, -0.15) is 0 Å². The second-order valence-corrected chi connectivity index (χ2v) is 5.40. The first-order chi connectivity index (χ1) is 8.66. The molecule has 0 saturated carbocycles. The molecule has 0 spiro atoms. The number of urea groups is 1. The van der Waals surface area contributed by atoms with E-state index in [0.29, 0.717) is 19.6 Å². The van der Waals surface area contributed by atoms with E-state index in [0.717, 1.165) is 19.3 Å². The van der Waals surface area contributed by atoms with Gasteiger partial charge in [-0.1, -0.05) is 0 Å². The second kappa shape index (κ2) is 4.42. The van der Waals surface area contributed by atoms with Gasteiger partial charge in [0.1, 0.15) is 0 Å². The average molecular weight is 254 g/mol. The predicted molar refractivity (Wildman–Crippen MR) is 62.1 cm³/mol. The summed E-state index contributed by atoms with van der Waals surface area (Å²) in [5.74, 6) is -1.15. The van der Waals surface area contributed by atoms with E-state index in [-0.39, 0.29) is 30.1 Å². The summed E-state index contributed by atoms with van der Waals surface area (Å²) >= 11 is 0. The van der Waals surface area contributed by atoms with Crippen LogP contribution in [0, 0.1) is 5.92 Å². The lowest BCUT2D eigenvalue weighted by Crippen LogP contribution is -2.48. The number of rotatable bonds is 2. The Hall–Kier alpha value is -1.30. The highest BCUT2D eigenvalue weighted by Gasteiger charge is 2.51. The summed E-state index contributed by atoms with van der Waals surface area (Å²) in [5, 5.41) is 12.1. The first kappa shape index (κ1) is 11.8. The number of amides is 2. The fourth-order valence-electron chi connectivity index (χ4n) is 3.47. The first-order valence-electron chi connectivity index (χ1n) is 6.56. The van der Waals surface area contributed by atoms with Crippen LogP contribution in [0.25, 0.3) is 0 Å². The number of carboxylic acid groups (broad SMARTS) is 1. The van der Waals surface area contributed by atoms with Crippen LogP contribution in [0.15, 0.2) is 0 Å². The molecular weight excluding hydrogens is 236 g/mol. The minimum Gasteiger partial charge on any atom is -0.481 e. The second-order valence-electron chi connectivity index (χ2n) is 5.40. The zero-order valence-electron chi connectivity index (χ0n) is 10.2. The Labute approximate surface area is 105 Å². The van der Waals surface area contributed by atoms with Gasteiger partial charge in [0.15, 0.2) is 0 Å². The Morgan fingerprint density at radius 2 is 2.11 bits per heavy atom. The van der Waals surface area contributed by atoms with Gasteiger partial charge in [0, 0.05) is 18.7 Å². The molecule has 4 atom stereocenters. The largest absolute Gasteiger partial charge is 0.481 e. The van der Waals surface area contributed by atoms with Gasteiger partial charge in [0.05, 0.1) is 18.6 Å². The molecule has 2 N–H and O–H groups in total. The molecular formula is C12H18N2O4. The number of carbonyl (C=O) groups is 2. The van der Waals surface area contributed by atoms with Gasteiger partial charge in [-0.3, -0.25) is 4.79 Å². The summed E-state index contributed by atoms with van der Waals surface area (Å²) in [4.78, 5) is 25.1. The molecule has 4 unspecified atom stereocenters. The Bertz CT molecular complexity index is 367. The van der Waals surface area contributed by atoms with E-state index in [1.54, 1.807) is 4.90 Å². The number of nitrogens with one attached hydrogen (secondary N) is 1. The topological polar surface area (TPSA) is 78.9 Å². The number of hydrogen-bond donors (Lipinski definition) is 2. The van der Waals surface area contributed by atoms with E-state index in [4.69, 9.17) is 9.84 Å². The van der Waals surface area contributed by atoms with Crippen molar-refractivity contribution in [3.8, 4) is 0 Å². The number of carbonyl (C=O) groups excluding carboxylic acids is 1. The molecule has 18 heavy (non-hydrogen) atoms. The Kier molecular flexibility index (Phi) is 2.89. The lowest BCUT2D eigenvalue weighted by atomic mass is 9.89. The van der Waals surface area contributed by atoms with E-state index in [1.807, 2.05) is 0 Å². The van der Waals surface area contributed by atoms with E-state index < -0.39 is 5.97 Å². The zero-order chi connectivity index (χ0) is 12.7. The molecule has 3 aliphatic rings. The lowest BCUT2D eigenvalue weighted by Gasteiger charge is -2.25. The summed E-state index contributed by atoms with van der Waals surface area (Å²) in [6, 6.07) is -0.0317. The quantitative estimate of drug-likeness (QED) is 0.748. The molecule has 3 heterocycles. The van der Waals surface area contributed by atoms with Gasteiger partial charge in [-0.05, 0) is 25.7 Å². The molecule has 6 nitrogen and oxygen atoms in total. The Morgan fingerprint density at radius 3 is 2.72 bits per heavy atom. The van der Waals surface area contributed by atoms with Gasteiger partial charge in [0.2, 0.25) is 0 Å². The van der Waals surface area contributed by atoms with Crippen LogP contribution in [-0.2, 0) is 9.53 Å². The smallest absolute Gasteiger partial charge is 0.318 e. The first-order valence-corrected chi connectivity index (χ1v) is 6.56. The molecule has 0 aromatic carbocycles. The van der Waals surface area contributed by atoms with Crippen molar-refractivity contribution in [2.24, 2.45) is 5.92 Å². The average Bonchev–Trinajstić information content (AvgIpc) is 3.02. The molecule has 2 amide bonds. The van der Waals surface area contributed by atoms with Crippen LogP contribution in [0.2, 0.25) is 0 Å². The van der Waals surface area contributed by atoms with E-state index in [9.17, 15) is 9.59 Å². The fourth-order valence-corrected chi connectivity index (χ4v) is 3.47. The minimum absolute atomic E-state index is 0.0841. The minimum atomic E-state index is -0.774. The summed E-state index contributed by atoms with van der Waals surface area (Å²) in [6.45, 7) is 1.26. The zero-order valence-corrected chi connectivity index (χ0v) is 10.2. The van der Waals surface area contributed by atoms with Crippen molar-refractivity contribution < 1.29 is 19.4 Å². The fraction of sp³-hybridized carbons (Fsp3) is 0.833. The summed E-state index contributed by atoms with van der Waals surface area (Å²) < 4.78 is 5.22. The molecule has 3 fully saturated rings. The highest BCUT2D eigenvalue weighted by Crippen LogP contribution is 2.41. The van der Waals surface area contributed by atoms with Crippen molar-refractivity contribution in [3.05, 3.63) is 0 Å². The van der Waals surface area contributed by atoms with Crippen LogP contribution in [-0.4, -0.2) is 53.3 Å². The van der Waals surface area contributed by atoms with Crippen molar-refractivity contribution in [3.63, 3.8) is 0 Å². The maximum absolute atomic E-state index is 12.2. The Balaban J connectivity index is 1.65. The maximum Gasteiger partial charge on any atom is 0.318 e. The van der Waals surface area contributed by atoms with Crippen molar-refractivity contribution in [1.82, 2.24) is 10.2 Å². The summed E-state index contributed by atoms with van der Waals surface area (Å²) in [6.07, 6.45) is 3.20. The van der Waals surface area contributed by atoms with Crippen molar-refractivity contribution in [2.75, 3.05) is 13.2 Å².